The Bertz CT molecular complexity index is 304. The molecule has 4 heteroatoms. The van der Waals surface area contributed by atoms with Gasteiger partial charge < -0.3 is 9.84 Å². The van der Waals surface area contributed by atoms with Crippen molar-refractivity contribution in [1.29, 1.82) is 0 Å². The van der Waals surface area contributed by atoms with Crippen molar-refractivity contribution >= 4 is 11.6 Å². The smallest absolute Gasteiger partial charge is 0.147 e. The lowest BCUT2D eigenvalue weighted by Gasteiger charge is -2.12. The maximum atomic E-state index is 13.3. The number of benzene rings is 1. The first-order valence-electron chi connectivity index (χ1n) is 4.36. The minimum absolute atomic E-state index is 0.0121. The molecule has 1 rings (SSSR count). The molecular formula is C10H12ClFO2. The number of hydrogen-bond acceptors (Lipinski definition) is 2. The highest BCUT2D eigenvalue weighted by Crippen LogP contribution is 2.23. The Morgan fingerprint density at radius 1 is 1.57 bits per heavy atom. The molecular weight excluding hydrogens is 207 g/mol. The Labute approximate surface area is 87.3 Å². The number of ether oxygens (including phenoxy) is 1. The van der Waals surface area contributed by atoms with Crippen molar-refractivity contribution in [2.75, 3.05) is 13.2 Å². The minimum Gasteiger partial charge on any atom is -0.386 e. The van der Waals surface area contributed by atoms with E-state index < -0.39 is 11.9 Å². The SMILES string of the molecule is CCOCC(O)c1cccc(Cl)c1F. The molecule has 2 nitrogen and oxygen atoms in total. The standard InChI is InChI=1S/C10H12ClFO2/c1-2-14-6-9(13)7-4-3-5-8(11)10(7)12/h3-5,9,13H,2,6H2,1H3. The third-order valence-corrected chi connectivity index (χ3v) is 2.11. The van der Waals surface area contributed by atoms with E-state index in [2.05, 4.69) is 0 Å². The van der Waals surface area contributed by atoms with Crippen molar-refractivity contribution in [2.45, 2.75) is 13.0 Å². The maximum Gasteiger partial charge on any atom is 0.147 e. The van der Waals surface area contributed by atoms with E-state index in [1.807, 2.05) is 0 Å². The van der Waals surface area contributed by atoms with Crippen molar-refractivity contribution in [3.8, 4) is 0 Å². The van der Waals surface area contributed by atoms with Crippen LogP contribution in [-0.2, 0) is 4.74 Å². The van der Waals surface area contributed by atoms with Gasteiger partial charge in [0.25, 0.3) is 0 Å². The fourth-order valence-electron chi connectivity index (χ4n) is 1.10. The maximum absolute atomic E-state index is 13.3. The van der Waals surface area contributed by atoms with Crippen molar-refractivity contribution < 1.29 is 14.2 Å². The van der Waals surface area contributed by atoms with Crippen LogP contribution in [0.5, 0.6) is 0 Å². The first kappa shape index (κ1) is 11.4. The number of aliphatic hydroxyl groups is 1. The normalized spacial score (nSPS) is 12.9. The highest BCUT2D eigenvalue weighted by molar-refractivity contribution is 6.30. The van der Waals surface area contributed by atoms with Gasteiger partial charge in [0.15, 0.2) is 0 Å². The monoisotopic (exact) mass is 218 g/mol. The van der Waals surface area contributed by atoms with Crippen LogP contribution in [0, 0.1) is 5.82 Å². The van der Waals surface area contributed by atoms with Crippen molar-refractivity contribution in [3.05, 3.63) is 34.6 Å². The topological polar surface area (TPSA) is 29.5 Å². The largest absolute Gasteiger partial charge is 0.386 e. The second-order valence-corrected chi connectivity index (χ2v) is 3.23. The Morgan fingerprint density at radius 3 is 2.93 bits per heavy atom. The molecule has 1 aromatic rings. The van der Waals surface area contributed by atoms with E-state index in [0.29, 0.717) is 6.61 Å². The molecule has 0 fully saturated rings. The molecule has 78 valence electrons. The molecule has 0 amide bonds. The zero-order valence-corrected chi connectivity index (χ0v) is 8.59. The number of rotatable bonds is 4. The van der Waals surface area contributed by atoms with Crippen LogP contribution in [0.15, 0.2) is 18.2 Å². The van der Waals surface area contributed by atoms with Crippen LogP contribution < -0.4 is 0 Å². The average molecular weight is 219 g/mol. The van der Waals surface area contributed by atoms with Gasteiger partial charge in [-0.05, 0) is 13.0 Å². The van der Waals surface area contributed by atoms with E-state index in [4.69, 9.17) is 16.3 Å². The van der Waals surface area contributed by atoms with Gasteiger partial charge in [-0.15, -0.1) is 0 Å². The molecule has 0 bridgehead atoms. The van der Waals surface area contributed by atoms with Gasteiger partial charge in [-0.25, -0.2) is 4.39 Å². The molecule has 0 saturated heterocycles. The predicted octanol–water partition coefficient (Wildman–Crippen LogP) is 2.55. The lowest BCUT2D eigenvalue weighted by Crippen LogP contribution is -2.09. The summed E-state index contributed by atoms with van der Waals surface area (Å²) in [5.41, 5.74) is 0.172. The number of hydrogen-bond donors (Lipinski definition) is 1. The molecule has 1 N–H and O–H groups in total. The second-order valence-electron chi connectivity index (χ2n) is 2.82. The van der Waals surface area contributed by atoms with E-state index in [1.165, 1.54) is 12.1 Å². The van der Waals surface area contributed by atoms with Gasteiger partial charge in [0.2, 0.25) is 0 Å². The predicted molar refractivity (Wildman–Crippen MR) is 52.9 cm³/mol. The Kier molecular flexibility index (Phi) is 4.32. The Balaban J connectivity index is 2.79. The summed E-state index contributed by atoms with van der Waals surface area (Å²) in [5, 5.41) is 9.55. The highest BCUT2D eigenvalue weighted by Gasteiger charge is 2.14. The summed E-state index contributed by atoms with van der Waals surface area (Å²) >= 11 is 5.57. The zero-order valence-electron chi connectivity index (χ0n) is 7.84. The van der Waals surface area contributed by atoms with Crippen molar-refractivity contribution in [2.24, 2.45) is 0 Å². The summed E-state index contributed by atoms with van der Waals surface area (Å²) in [6, 6.07) is 4.52. The first-order chi connectivity index (χ1) is 6.66. The van der Waals surface area contributed by atoms with Gasteiger partial charge in [-0.2, -0.15) is 0 Å². The van der Waals surface area contributed by atoms with E-state index in [-0.39, 0.29) is 17.2 Å². The molecule has 0 aliphatic heterocycles. The van der Waals surface area contributed by atoms with E-state index in [0.717, 1.165) is 0 Å². The third kappa shape index (κ3) is 2.67. The molecule has 1 atom stereocenters. The minimum atomic E-state index is -0.964. The van der Waals surface area contributed by atoms with E-state index in [1.54, 1.807) is 13.0 Å². The van der Waals surface area contributed by atoms with Crippen LogP contribution in [0.2, 0.25) is 5.02 Å². The molecule has 0 spiro atoms. The third-order valence-electron chi connectivity index (χ3n) is 1.82. The van der Waals surface area contributed by atoms with Gasteiger partial charge in [-0.1, -0.05) is 23.7 Å². The van der Waals surface area contributed by atoms with Crippen LogP contribution in [0.25, 0.3) is 0 Å². The highest BCUT2D eigenvalue weighted by atomic mass is 35.5. The number of aliphatic hydroxyl groups excluding tert-OH is 1. The summed E-state index contributed by atoms with van der Waals surface area (Å²) in [5.74, 6) is -0.582. The fraction of sp³-hybridized carbons (Fsp3) is 0.400. The van der Waals surface area contributed by atoms with E-state index >= 15 is 0 Å². The molecule has 0 radical (unpaired) electrons. The summed E-state index contributed by atoms with van der Waals surface area (Å²) < 4.78 is 18.3. The zero-order chi connectivity index (χ0) is 10.6. The Hall–Kier alpha value is -0.640. The quantitative estimate of drug-likeness (QED) is 0.842. The van der Waals surface area contributed by atoms with Crippen LogP contribution in [0.1, 0.15) is 18.6 Å². The van der Waals surface area contributed by atoms with Crippen LogP contribution in [0.3, 0.4) is 0 Å². The van der Waals surface area contributed by atoms with Gasteiger partial charge in [0.05, 0.1) is 11.6 Å². The summed E-state index contributed by atoms with van der Waals surface area (Å²) in [6.07, 6.45) is -0.964. The lowest BCUT2D eigenvalue weighted by molar-refractivity contribution is 0.0401. The van der Waals surface area contributed by atoms with Gasteiger partial charge in [0.1, 0.15) is 11.9 Å². The van der Waals surface area contributed by atoms with E-state index in [9.17, 15) is 9.50 Å². The fourth-order valence-corrected chi connectivity index (χ4v) is 1.28. The number of halogens is 2. The lowest BCUT2D eigenvalue weighted by atomic mass is 10.1. The van der Waals surface area contributed by atoms with Crippen molar-refractivity contribution in [1.82, 2.24) is 0 Å². The van der Waals surface area contributed by atoms with Gasteiger partial charge >= 0.3 is 0 Å². The molecule has 14 heavy (non-hydrogen) atoms. The summed E-state index contributed by atoms with van der Waals surface area (Å²) in [6.45, 7) is 2.37. The molecule has 0 saturated carbocycles. The van der Waals surface area contributed by atoms with Gasteiger partial charge in [-0.3, -0.25) is 0 Å². The average Bonchev–Trinajstić information content (AvgIpc) is 2.18. The second kappa shape index (κ2) is 5.29. The molecule has 0 aliphatic carbocycles. The first-order valence-corrected chi connectivity index (χ1v) is 4.74. The van der Waals surface area contributed by atoms with Crippen molar-refractivity contribution in [3.63, 3.8) is 0 Å². The Morgan fingerprint density at radius 2 is 2.29 bits per heavy atom. The summed E-state index contributed by atoms with van der Waals surface area (Å²) in [7, 11) is 0. The summed E-state index contributed by atoms with van der Waals surface area (Å²) in [4.78, 5) is 0. The van der Waals surface area contributed by atoms with Crippen LogP contribution in [-0.4, -0.2) is 18.3 Å². The van der Waals surface area contributed by atoms with Crippen LogP contribution >= 0.6 is 11.6 Å². The molecule has 0 aliphatic rings. The molecule has 1 aromatic carbocycles. The van der Waals surface area contributed by atoms with Gasteiger partial charge in [0, 0.05) is 12.2 Å². The molecule has 0 aromatic heterocycles. The molecule has 1 unspecified atom stereocenters. The van der Waals surface area contributed by atoms with Crippen LogP contribution in [0.4, 0.5) is 4.39 Å². The molecule has 0 heterocycles.